The molecule has 178 valence electrons. The Balaban J connectivity index is 1.37. The molecule has 1 aliphatic heterocycles. The molecule has 1 atom stereocenters. The average molecular weight is 467 g/mol. The molecule has 2 aromatic heterocycles. The molecule has 0 spiro atoms. The first kappa shape index (κ1) is 23.0. The number of anilines is 3. The van der Waals surface area contributed by atoms with Crippen LogP contribution < -0.4 is 20.3 Å². The second kappa shape index (κ2) is 8.61. The van der Waals surface area contributed by atoms with Crippen molar-refractivity contribution in [1.29, 1.82) is 0 Å². The monoisotopic (exact) mass is 467 g/mol. The smallest absolute Gasteiger partial charge is 0.434 e. The fraction of sp³-hybridized carbons (Fsp3) is 0.550. The molecule has 3 heterocycles. The SMILES string of the molecule is Cc1nc(NC2CC(Oc3cnc(C(F)(F)F)cn3)C2)nc2c1NC(=O)C(OC(C)C)N2C. The predicted octanol–water partition coefficient (Wildman–Crippen LogP) is 2.76. The van der Waals surface area contributed by atoms with Crippen molar-refractivity contribution < 1.29 is 27.4 Å². The topological polar surface area (TPSA) is 114 Å². The number of hydrogen-bond acceptors (Lipinski definition) is 9. The number of aryl methyl sites for hydroxylation is 1. The first-order chi connectivity index (χ1) is 15.5. The van der Waals surface area contributed by atoms with E-state index >= 15 is 0 Å². The number of carbonyl (C=O) groups is 1. The molecule has 0 saturated heterocycles. The number of rotatable bonds is 6. The summed E-state index contributed by atoms with van der Waals surface area (Å²) in [5.74, 6) is 0.704. The molecule has 10 nitrogen and oxygen atoms in total. The van der Waals surface area contributed by atoms with Gasteiger partial charge in [-0.15, -0.1) is 0 Å². The quantitative estimate of drug-likeness (QED) is 0.662. The highest BCUT2D eigenvalue weighted by atomic mass is 19.4. The van der Waals surface area contributed by atoms with E-state index in [0.29, 0.717) is 42.2 Å². The van der Waals surface area contributed by atoms with Crippen LogP contribution in [-0.2, 0) is 15.7 Å². The van der Waals surface area contributed by atoms with Crippen molar-refractivity contribution in [2.75, 3.05) is 22.6 Å². The number of nitrogens with zero attached hydrogens (tertiary/aromatic N) is 5. The molecule has 1 fully saturated rings. The van der Waals surface area contributed by atoms with Gasteiger partial charge in [0.25, 0.3) is 5.91 Å². The standard InChI is InChI=1S/C20H24F3N7O3/c1-9(2)32-18-17(31)28-15-10(3)26-19(29-16(15)30(18)4)27-11-5-12(6-11)33-14-8-24-13(7-25-14)20(21,22)23/h7-9,11-12,18H,5-6H2,1-4H3,(H,28,31)(H,26,27,29). The molecule has 1 saturated carbocycles. The van der Waals surface area contributed by atoms with Gasteiger partial charge in [0.2, 0.25) is 18.1 Å². The van der Waals surface area contributed by atoms with E-state index in [1.54, 1.807) is 18.9 Å². The fourth-order valence-electron chi connectivity index (χ4n) is 3.56. The van der Waals surface area contributed by atoms with Crippen molar-refractivity contribution in [3.05, 3.63) is 23.8 Å². The van der Waals surface area contributed by atoms with Gasteiger partial charge in [0.05, 0.1) is 24.2 Å². The number of aromatic nitrogens is 4. The molecule has 1 aliphatic carbocycles. The summed E-state index contributed by atoms with van der Waals surface area (Å²) in [5.41, 5.74) is 0.0790. The molecule has 13 heteroatoms. The first-order valence-electron chi connectivity index (χ1n) is 10.4. The lowest BCUT2D eigenvalue weighted by atomic mass is 9.89. The molecule has 2 aromatic rings. The Kier molecular flexibility index (Phi) is 5.99. The number of hydrogen-bond donors (Lipinski definition) is 2. The van der Waals surface area contributed by atoms with Crippen molar-refractivity contribution in [3.63, 3.8) is 0 Å². The van der Waals surface area contributed by atoms with Gasteiger partial charge in [0.15, 0.2) is 11.5 Å². The summed E-state index contributed by atoms with van der Waals surface area (Å²) in [6, 6.07) is 0.0149. The van der Waals surface area contributed by atoms with Crippen molar-refractivity contribution in [3.8, 4) is 5.88 Å². The van der Waals surface area contributed by atoms with Crippen LogP contribution in [0.4, 0.5) is 30.6 Å². The molecule has 4 rings (SSSR count). The molecule has 0 aromatic carbocycles. The molecular weight excluding hydrogens is 443 g/mol. The van der Waals surface area contributed by atoms with E-state index in [-0.39, 0.29) is 30.0 Å². The Labute approximate surface area is 187 Å². The number of carbonyl (C=O) groups excluding carboxylic acids is 1. The summed E-state index contributed by atoms with van der Waals surface area (Å²) in [6.07, 6.45) is -2.89. The summed E-state index contributed by atoms with van der Waals surface area (Å²) in [7, 11) is 1.74. The Hall–Kier alpha value is -3.22. The summed E-state index contributed by atoms with van der Waals surface area (Å²) in [4.78, 5) is 30.1. The Bertz CT molecular complexity index is 1030. The van der Waals surface area contributed by atoms with Crippen LogP contribution in [0, 0.1) is 6.92 Å². The van der Waals surface area contributed by atoms with Gasteiger partial charge in [-0.25, -0.2) is 15.0 Å². The Morgan fingerprint density at radius 3 is 2.55 bits per heavy atom. The highest BCUT2D eigenvalue weighted by molar-refractivity contribution is 6.02. The van der Waals surface area contributed by atoms with Gasteiger partial charge in [0, 0.05) is 25.9 Å². The van der Waals surface area contributed by atoms with Crippen LogP contribution in [0.2, 0.25) is 0 Å². The Morgan fingerprint density at radius 2 is 1.94 bits per heavy atom. The number of amides is 1. The highest BCUT2D eigenvalue weighted by Crippen LogP contribution is 2.34. The second-order valence-electron chi connectivity index (χ2n) is 8.26. The molecule has 0 radical (unpaired) electrons. The van der Waals surface area contributed by atoms with Gasteiger partial charge in [-0.3, -0.25) is 4.79 Å². The van der Waals surface area contributed by atoms with Crippen LogP contribution in [0.1, 0.15) is 38.1 Å². The van der Waals surface area contributed by atoms with Crippen LogP contribution in [0.3, 0.4) is 0 Å². The van der Waals surface area contributed by atoms with Gasteiger partial charge < -0.3 is 25.0 Å². The minimum atomic E-state index is -4.54. The number of likely N-dealkylation sites (N-methyl/N-ethyl adjacent to an activating group) is 1. The third-order valence-corrected chi connectivity index (χ3v) is 5.26. The van der Waals surface area contributed by atoms with E-state index in [1.165, 1.54) is 0 Å². The molecule has 1 amide bonds. The average Bonchev–Trinajstić information content (AvgIpc) is 2.70. The zero-order valence-electron chi connectivity index (χ0n) is 18.5. The first-order valence-corrected chi connectivity index (χ1v) is 10.4. The summed E-state index contributed by atoms with van der Waals surface area (Å²) < 4.78 is 49.0. The molecule has 33 heavy (non-hydrogen) atoms. The number of ether oxygens (including phenoxy) is 2. The fourth-order valence-corrected chi connectivity index (χ4v) is 3.56. The number of alkyl halides is 3. The van der Waals surface area contributed by atoms with Crippen LogP contribution in [0.15, 0.2) is 12.4 Å². The second-order valence-corrected chi connectivity index (χ2v) is 8.26. The van der Waals surface area contributed by atoms with Crippen LogP contribution in [0.25, 0.3) is 0 Å². The summed E-state index contributed by atoms with van der Waals surface area (Å²) in [6.45, 7) is 5.47. The maximum absolute atomic E-state index is 12.6. The number of nitrogens with one attached hydrogen (secondary N) is 2. The predicted molar refractivity (Wildman–Crippen MR) is 112 cm³/mol. The zero-order valence-corrected chi connectivity index (χ0v) is 18.5. The van der Waals surface area contributed by atoms with Crippen LogP contribution in [-0.4, -0.2) is 57.4 Å². The summed E-state index contributed by atoms with van der Waals surface area (Å²) in [5, 5.41) is 6.04. The van der Waals surface area contributed by atoms with Crippen molar-refractivity contribution in [1.82, 2.24) is 19.9 Å². The van der Waals surface area contributed by atoms with Gasteiger partial charge in [-0.05, 0) is 20.8 Å². The highest BCUT2D eigenvalue weighted by Gasteiger charge is 2.37. The lowest BCUT2D eigenvalue weighted by molar-refractivity contribution is -0.141. The van der Waals surface area contributed by atoms with Crippen molar-refractivity contribution in [2.24, 2.45) is 0 Å². The van der Waals surface area contributed by atoms with Gasteiger partial charge in [-0.1, -0.05) is 0 Å². The largest absolute Gasteiger partial charge is 0.473 e. The van der Waals surface area contributed by atoms with Crippen molar-refractivity contribution >= 4 is 23.4 Å². The van der Waals surface area contributed by atoms with Gasteiger partial charge >= 0.3 is 6.18 Å². The van der Waals surface area contributed by atoms with E-state index in [2.05, 4.69) is 30.6 Å². The molecule has 0 bridgehead atoms. The number of fused-ring (bicyclic) bond motifs is 1. The van der Waals surface area contributed by atoms with E-state index in [1.807, 2.05) is 13.8 Å². The van der Waals surface area contributed by atoms with E-state index in [4.69, 9.17) is 9.47 Å². The van der Waals surface area contributed by atoms with Crippen LogP contribution in [0.5, 0.6) is 5.88 Å². The maximum atomic E-state index is 12.6. The van der Waals surface area contributed by atoms with E-state index < -0.39 is 18.1 Å². The Morgan fingerprint density at radius 1 is 1.21 bits per heavy atom. The minimum absolute atomic E-state index is 0.0149. The minimum Gasteiger partial charge on any atom is -0.473 e. The summed E-state index contributed by atoms with van der Waals surface area (Å²) >= 11 is 0. The molecule has 2 N–H and O–H groups in total. The maximum Gasteiger partial charge on any atom is 0.434 e. The third kappa shape index (κ3) is 4.92. The van der Waals surface area contributed by atoms with Crippen LogP contribution >= 0.6 is 0 Å². The van der Waals surface area contributed by atoms with E-state index in [0.717, 1.165) is 6.20 Å². The normalized spacial score (nSPS) is 22.5. The molecule has 2 aliphatic rings. The van der Waals surface area contributed by atoms with Gasteiger partial charge in [0.1, 0.15) is 11.8 Å². The number of halogens is 3. The lowest BCUT2D eigenvalue weighted by Gasteiger charge is -2.37. The van der Waals surface area contributed by atoms with Gasteiger partial charge in [-0.2, -0.15) is 18.2 Å². The third-order valence-electron chi connectivity index (χ3n) is 5.26. The zero-order chi connectivity index (χ0) is 23.9. The molecular formula is C20H24F3N7O3. The van der Waals surface area contributed by atoms with Crippen molar-refractivity contribution in [2.45, 2.75) is 64.3 Å². The molecule has 1 unspecified atom stereocenters. The van der Waals surface area contributed by atoms with E-state index in [9.17, 15) is 18.0 Å². The lowest BCUT2D eigenvalue weighted by Crippen LogP contribution is -2.49.